The number of nitrogens with zero attached hydrogens (tertiary/aromatic N) is 1. The standard InChI is InChI=1S/C16H21NO3/c1-12-6-5-9-17(16(12)19)11-14-8-4-3-7-13(14)10-15(18)20-2/h3-4,7-8,12H,5-6,9-11H2,1-2H3. The number of methoxy groups -OCH3 is 1. The summed E-state index contributed by atoms with van der Waals surface area (Å²) in [6.07, 6.45) is 2.27. The van der Waals surface area contributed by atoms with Crippen molar-refractivity contribution in [1.82, 2.24) is 4.90 Å². The number of likely N-dealkylation sites (tertiary alicyclic amines) is 1. The largest absolute Gasteiger partial charge is 0.469 e. The van der Waals surface area contributed by atoms with Crippen LogP contribution >= 0.6 is 0 Å². The van der Waals surface area contributed by atoms with Gasteiger partial charge in [0.15, 0.2) is 0 Å². The first-order valence-corrected chi connectivity index (χ1v) is 7.04. The first-order valence-electron chi connectivity index (χ1n) is 7.04. The summed E-state index contributed by atoms with van der Waals surface area (Å²) in [5.41, 5.74) is 1.96. The predicted molar refractivity (Wildman–Crippen MR) is 76.0 cm³/mol. The number of benzene rings is 1. The Hall–Kier alpha value is -1.84. The third-order valence-electron chi connectivity index (χ3n) is 3.84. The third-order valence-corrected chi connectivity index (χ3v) is 3.84. The smallest absolute Gasteiger partial charge is 0.309 e. The molecule has 20 heavy (non-hydrogen) atoms. The van der Waals surface area contributed by atoms with Gasteiger partial charge in [0.1, 0.15) is 0 Å². The molecule has 0 saturated carbocycles. The topological polar surface area (TPSA) is 46.6 Å². The summed E-state index contributed by atoms with van der Waals surface area (Å²) in [5, 5.41) is 0. The highest BCUT2D eigenvalue weighted by Gasteiger charge is 2.25. The van der Waals surface area contributed by atoms with E-state index in [1.807, 2.05) is 36.1 Å². The Morgan fingerprint density at radius 1 is 1.35 bits per heavy atom. The van der Waals surface area contributed by atoms with Gasteiger partial charge in [-0.25, -0.2) is 0 Å². The number of rotatable bonds is 4. The van der Waals surface area contributed by atoms with Crippen LogP contribution in [0.3, 0.4) is 0 Å². The van der Waals surface area contributed by atoms with Crippen LogP contribution in [0.25, 0.3) is 0 Å². The monoisotopic (exact) mass is 275 g/mol. The molecule has 0 bridgehead atoms. The second-order valence-electron chi connectivity index (χ2n) is 5.32. The number of esters is 1. The number of amides is 1. The van der Waals surface area contributed by atoms with Gasteiger partial charge in [0.05, 0.1) is 13.5 Å². The van der Waals surface area contributed by atoms with Crippen LogP contribution in [0.1, 0.15) is 30.9 Å². The number of carbonyl (C=O) groups excluding carboxylic acids is 2. The molecule has 1 fully saturated rings. The van der Waals surface area contributed by atoms with E-state index in [2.05, 4.69) is 0 Å². The lowest BCUT2D eigenvalue weighted by molar-refractivity contribution is -0.139. The molecule has 0 spiro atoms. The maximum Gasteiger partial charge on any atom is 0.309 e. The minimum Gasteiger partial charge on any atom is -0.469 e. The van der Waals surface area contributed by atoms with E-state index >= 15 is 0 Å². The minimum atomic E-state index is -0.254. The second-order valence-corrected chi connectivity index (χ2v) is 5.32. The fraction of sp³-hybridized carbons (Fsp3) is 0.500. The van der Waals surface area contributed by atoms with Crippen LogP contribution in [0.5, 0.6) is 0 Å². The molecule has 1 aliphatic heterocycles. The summed E-state index contributed by atoms with van der Waals surface area (Å²) in [6.45, 7) is 3.36. The van der Waals surface area contributed by atoms with Gasteiger partial charge >= 0.3 is 5.97 Å². The van der Waals surface area contributed by atoms with Gasteiger partial charge < -0.3 is 9.64 Å². The van der Waals surface area contributed by atoms with Gasteiger partial charge in [-0.05, 0) is 24.0 Å². The zero-order chi connectivity index (χ0) is 14.5. The van der Waals surface area contributed by atoms with Crippen LogP contribution in [0.4, 0.5) is 0 Å². The van der Waals surface area contributed by atoms with E-state index in [1.165, 1.54) is 7.11 Å². The predicted octanol–water partition coefficient (Wildman–Crippen LogP) is 2.16. The van der Waals surface area contributed by atoms with E-state index in [0.29, 0.717) is 6.54 Å². The van der Waals surface area contributed by atoms with Gasteiger partial charge in [0.25, 0.3) is 0 Å². The molecule has 1 amide bonds. The molecular weight excluding hydrogens is 254 g/mol. The van der Waals surface area contributed by atoms with E-state index in [0.717, 1.165) is 30.5 Å². The van der Waals surface area contributed by atoms with Crippen LogP contribution in [0.2, 0.25) is 0 Å². The van der Waals surface area contributed by atoms with Gasteiger partial charge in [0.2, 0.25) is 5.91 Å². The average molecular weight is 275 g/mol. The summed E-state index contributed by atoms with van der Waals surface area (Å²) in [7, 11) is 1.39. The third kappa shape index (κ3) is 3.38. The van der Waals surface area contributed by atoms with Gasteiger partial charge in [-0.3, -0.25) is 9.59 Å². The van der Waals surface area contributed by atoms with Gasteiger partial charge in [-0.2, -0.15) is 0 Å². The van der Waals surface area contributed by atoms with E-state index in [1.54, 1.807) is 0 Å². The highest BCUT2D eigenvalue weighted by molar-refractivity contribution is 5.79. The van der Waals surface area contributed by atoms with Crippen molar-refractivity contribution in [2.45, 2.75) is 32.7 Å². The molecule has 1 aliphatic rings. The molecule has 0 aliphatic carbocycles. The zero-order valence-corrected chi connectivity index (χ0v) is 12.1. The Morgan fingerprint density at radius 2 is 2.05 bits per heavy atom. The first kappa shape index (κ1) is 14.6. The molecule has 1 aromatic rings. The highest BCUT2D eigenvalue weighted by atomic mass is 16.5. The van der Waals surface area contributed by atoms with E-state index in [9.17, 15) is 9.59 Å². The van der Waals surface area contributed by atoms with E-state index < -0.39 is 0 Å². The van der Waals surface area contributed by atoms with Crippen molar-refractivity contribution in [1.29, 1.82) is 0 Å². The normalized spacial score (nSPS) is 19.0. The molecule has 1 atom stereocenters. The Labute approximate surface area is 119 Å². The van der Waals surface area contributed by atoms with Gasteiger partial charge in [0, 0.05) is 19.0 Å². The lowest BCUT2D eigenvalue weighted by Crippen LogP contribution is -2.39. The van der Waals surface area contributed by atoms with Crippen molar-refractivity contribution >= 4 is 11.9 Å². The molecule has 0 N–H and O–H groups in total. The number of carbonyl (C=O) groups is 2. The molecule has 0 aromatic heterocycles. The molecule has 2 rings (SSSR count). The quantitative estimate of drug-likeness (QED) is 0.791. The summed E-state index contributed by atoms with van der Waals surface area (Å²) in [4.78, 5) is 25.5. The Kier molecular flexibility index (Phi) is 4.77. The van der Waals surface area contributed by atoms with Crippen molar-refractivity contribution < 1.29 is 14.3 Å². The molecule has 1 saturated heterocycles. The van der Waals surface area contributed by atoms with Gasteiger partial charge in [-0.15, -0.1) is 0 Å². The SMILES string of the molecule is COC(=O)Cc1ccccc1CN1CCCC(C)C1=O. The number of hydrogen-bond acceptors (Lipinski definition) is 3. The number of piperidine rings is 1. The zero-order valence-electron chi connectivity index (χ0n) is 12.1. The fourth-order valence-corrected chi connectivity index (χ4v) is 2.61. The van der Waals surface area contributed by atoms with Crippen LogP contribution in [0.15, 0.2) is 24.3 Å². The molecule has 4 heteroatoms. The lowest BCUT2D eigenvalue weighted by atomic mass is 9.97. The molecule has 1 heterocycles. The molecule has 4 nitrogen and oxygen atoms in total. The highest BCUT2D eigenvalue weighted by Crippen LogP contribution is 2.21. The Balaban J connectivity index is 2.12. The molecule has 1 aromatic carbocycles. The first-order chi connectivity index (χ1) is 9.61. The number of hydrogen-bond donors (Lipinski definition) is 0. The number of ether oxygens (including phenoxy) is 1. The van der Waals surface area contributed by atoms with Crippen LogP contribution < -0.4 is 0 Å². The fourth-order valence-electron chi connectivity index (χ4n) is 2.61. The van der Waals surface area contributed by atoms with Crippen LogP contribution in [0, 0.1) is 5.92 Å². The maximum absolute atomic E-state index is 12.2. The van der Waals surface area contributed by atoms with Crippen molar-refractivity contribution in [3.8, 4) is 0 Å². The lowest BCUT2D eigenvalue weighted by Gasteiger charge is -2.31. The molecular formula is C16H21NO3. The molecule has 108 valence electrons. The van der Waals surface area contributed by atoms with Gasteiger partial charge in [-0.1, -0.05) is 31.2 Å². The molecule has 0 radical (unpaired) electrons. The average Bonchev–Trinajstić information content (AvgIpc) is 2.45. The summed E-state index contributed by atoms with van der Waals surface area (Å²) in [5.74, 6) is 0.0661. The van der Waals surface area contributed by atoms with Crippen molar-refractivity contribution in [3.05, 3.63) is 35.4 Å². The van der Waals surface area contributed by atoms with E-state index in [-0.39, 0.29) is 24.2 Å². The second kappa shape index (κ2) is 6.55. The van der Waals surface area contributed by atoms with Crippen molar-refractivity contribution in [3.63, 3.8) is 0 Å². The minimum absolute atomic E-state index is 0.108. The Bertz CT molecular complexity index is 498. The van der Waals surface area contributed by atoms with Crippen LogP contribution in [-0.2, 0) is 27.3 Å². The summed E-state index contributed by atoms with van der Waals surface area (Å²) < 4.78 is 4.72. The summed E-state index contributed by atoms with van der Waals surface area (Å²) in [6, 6.07) is 7.74. The maximum atomic E-state index is 12.2. The van der Waals surface area contributed by atoms with Crippen molar-refractivity contribution in [2.75, 3.05) is 13.7 Å². The van der Waals surface area contributed by atoms with Crippen molar-refractivity contribution in [2.24, 2.45) is 5.92 Å². The van der Waals surface area contributed by atoms with Crippen LogP contribution in [-0.4, -0.2) is 30.4 Å². The van der Waals surface area contributed by atoms with E-state index in [4.69, 9.17) is 4.74 Å². The molecule has 1 unspecified atom stereocenters. The Morgan fingerprint density at radius 3 is 2.75 bits per heavy atom. The summed E-state index contributed by atoms with van der Waals surface area (Å²) >= 11 is 0.